The van der Waals surface area contributed by atoms with Gasteiger partial charge in [0.05, 0.1) is 19.3 Å². The summed E-state index contributed by atoms with van der Waals surface area (Å²) in [6, 6.07) is 6.28. The number of amides is 1. The second-order valence-corrected chi connectivity index (χ2v) is 6.11. The summed E-state index contributed by atoms with van der Waals surface area (Å²) in [5.41, 5.74) is 6.64. The Hall–Kier alpha value is -1.50. The maximum Gasteiger partial charge on any atom is 0.224 e. The first-order chi connectivity index (χ1) is 11.0. The molecule has 128 valence electrons. The first-order valence-corrected chi connectivity index (χ1v) is 8.09. The molecule has 23 heavy (non-hydrogen) atoms. The molecule has 0 saturated carbocycles. The van der Waals surface area contributed by atoms with Crippen molar-refractivity contribution < 1.29 is 13.9 Å². The van der Waals surface area contributed by atoms with E-state index in [1.165, 1.54) is 12.1 Å². The van der Waals surface area contributed by atoms with Crippen molar-refractivity contribution in [3.8, 4) is 0 Å². The van der Waals surface area contributed by atoms with Crippen molar-refractivity contribution in [2.45, 2.75) is 25.9 Å². The van der Waals surface area contributed by atoms with Crippen LogP contribution in [0.3, 0.4) is 0 Å². The molecule has 1 aliphatic heterocycles. The average molecular weight is 323 g/mol. The fraction of sp³-hybridized carbons (Fsp3) is 0.588. The molecule has 3 atom stereocenters. The Morgan fingerprint density at radius 3 is 2.70 bits per heavy atom. The number of ether oxygens (including phenoxy) is 1. The van der Waals surface area contributed by atoms with Gasteiger partial charge in [-0.1, -0.05) is 19.1 Å². The van der Waals surface area contributed by atoms with E-state index in [-0.39, 0.29) is 29.7 Å². The summed E-state index contributed by atoms with van der Waals surface area (Å²) in [5, 5.41) is 2.96. The third-order valence-corrected chi connectivity index (χ3v) is 4.39. The summed E-state index contributed by atoms with van der Waals surface area (Å²) in [5.74, 6) is -0.599. The predicted molar refractivity (Wildman–Crippen MR) is 87.4 cm³/mol. The first-order valence-electron chi connectivity index (χ1n) is 8.09. The number of benzene rings is 1. The van der Waals surface area contributed by atoms with Crippen molar-refractivity contribution >= 4 is 5.91 Å². The molecule has 1 heterocycles. The second kappa shape index (κ2) is 8.38. The molecule has 5 nitrogen and oxygen atoms in total. The van der Waals surface area contributed by atoms with Crippen molar-refractivity contribution in [3.63, 3.8) is 0 Å². The summed E-state index contributed by atoms with van der Waals surface area (Å²) < 4.78 is 19.0. The third kappa shape index (κ3) is 4.99. The van der Waals surface area contributed by atoms with Gasteiger partial charge in [0.2, 0.25) is 5.91 Å². The molecule has 1 amide bonds. The monoisotopic (exact) mass is 323 g/mol. The van der Waals surface area contributed by atoms with Crippen LogP contribution in [0.5, 0.6) is 0 Å². The van der Waals surface area contributed by atoms with Crippen LogP contribution in [0.25, 0.3) is 0 Å². The zero-order valence-corrected chi connectivity index (χ0v) is 13.8. The summed E-state index contributed by atoms with van der Waals surface area (Å²) in [4.78, 5) is 14.4. The van der Waals surface area contributed by atoms with Gasteiger partial charge in [0.1, 0.15) is 5.82 Å². The van der Waals surface area contributed by atoms with Gasteiger partial charge in [-0.15, -0.1) is 0 Å². The molecule has 1 aromatic carbocycles. The lowest BCUT2D eigenvalue weighted by Crippen LogP contribution is -2.46. The van der Waals surface area contributed by atoms with E-state index in [2.05, 4.69) is 10.2 Å². The predicted octanol–water partition coefficient (Wildman–Crippen LogP) is 1.30. The molecule has 2 rings (SSSR count). The van der Waals surface area contributed by atoms with Crippen LogP contribution in [0.1, 0.15) is 25.5 Å². The van der Waals surface area contributed by atoms with E-state index in [1.807, 2.05) is 19.9 Å². The van der Waals surface area contributed by atoms with Crippen LogP contribution in [-0.2, 0) is 9.53 Å². The quantitative estimate of drug-likeness (QED) is 0.828. The summed E-state index contributed by atoms with van der Waals surface area (Å²) >= 11 is 0. The number of hydrogen-bond donors (Lipinski definition) is 2. The van der Waals surface area contributed by atoms with E-state index in [0.29, 0.717) is 19.8 Å². The summed E-state index contributed by atoms with van der Waals surface area (Å²) in [6.45, 7) is 6.88. The smallest absolute Gasteiger partial charge is 0.224 e. The third-order valence-electron chi connectivity index (χ3n) is 4.39. The maximum absolute atomic E-state index is 13.6. The molecular weight excluding hydrogens is 297 g/mol. The van der Waals surface area contributed by atoms with Crippen LogP contribution < -0.4 is 11.1 Å². The van der Waals surface area contributed by atoms with Gasteiger partial charge in [-0.3, -0.25) is 9.69 Å². The minimum Gasteiger partial charge on any atom is -0.379 e. The highest BCUT2D eigenvalue weighted by Crippen LogP contribution is 2.22. The standard InChI is InChI=1S/C17H26FN3O2/c1-12(13(2)19)17(22)20-11-16(21-6-8-23-9-7-21)14-4-3-5-15(18)10-14/h3-5,10,12-13,16H,6-9,11,19H2,1-2H3,(H,20,22). The molecule has 1 aromatic rings. The SMILES string of the molecule is CC(N)C(C)C(=O)NCC(c1cccc(F)c1)N1CCOCC1. The molecule has 0 bridgehead atoms. The van der Waals surface area contributed by atoms with Crippen LogP contribution >= 0.6 is 0 Å². The number of nitrogens with one attached hydrogen (secondary N) is 1. The molecular formula is C17H26FN3O2. The van der Waals surface area contributed by atoms with Crippen molar-refractivity contribution in [1.29, 1.82) is 0 Å². The Morgan fingerprint density at radius 2 is 2.09 bits per heavy atom. The maximum atomic E-state index is 13.6. The van der Waals surface area contributed by atoms with Crippen molar-refractivity contribution in [2.24, 2.45) is 11.7 Å². The molecule has 0 spiro atoms. The summed E-state index contributed by atoms with van der Waals surface area (Å²) in [7, 11) is 0. The van der Waals surface area contributed by atoms with Gasteiger partial charge in [0.15, 0.2) is 0 Å². The molecule has 0 aromatic heterocycles. The number of rotatable bonds is 6. The number of nitrogens with two attached hydrogens (primary N) is 1. The van der Waals surface area contributed by atoms with E-state index in [4.69, 9.17) is 10.5 Å². The van der Waals surface area contributed by atoms with Gasteiger partial charge in [-0.2, -0.15) is 0 Å². The van der Waals surface area contributed by atoms with E-state index in [9.17, 15) is 9.18 Å². The normalized spacial score (nSPS) is 19.8. The highest BCUT2D eigenvalue weighted by atomic mass is 19.1. The van der Waals surface area contributed by atoms with Gasteiger partial charge >= 0.3 is 0 Å². The fourth-order valence-electron chi connectivity index (χ4n) is 2.66. The molecule has 1 aliphatic rings. The molecule has 0 aliphatic carbocycles. The molecule has 0 radical (unpaired) electrons. The van der Waals surface area contributed by atoms with Gasteiger partial charge in [-0.25, -0.2) is 4.39 Å². The number of morpholine rings is 1. The second-order valence-electron chi connectivity index (χ2n) is 6.11. The number of halogens is 1. The molecule has 3 unspecified atom stereocenters. The van der Waals surface area contributed by atoms with Crippen molar-refractivity contribution in [3.05, 3.63) is 35.6 Å². The van der Waals surface area contributed by atoms with E-state index >= 15 is 0 Å². The largest absolute Gasteiger partial charge is 0.379 e. The molecule has 1 saturated heterocycles. The minimum absolute atomic E-state index is 0.0705. The lowest BCUT2D eigenvalue weighted by atomic mass is 10.0. The fourth-order valence-corrected chi connectivity index (χ4v) is 2.66. The van der Waals surface area contributed by atoms with Crippen molar-refractivity contribution in [2.75, 3.05) is 32.8 Å². The van der Waals surface area contributed by atoms with Gasteiger partial charge in [-0.05, 0) is 24.6 Å². The van der Waals surface area contributed by atoms with Gasteiger partial charge in [0.25, 0.3) is 0 Å². The van der Waals surface area contributed by atoms with Gasteiger partial charge in [0, 0.05) is 31.6 Å². The molecule has 6 heteroatoms. The zero-order valence-electron chi connectivity index (χ0n) is 13.8. The van der Waals surface area contributed by atoms with Crippen LogP contribution in [0.4, 0.5) is 4.39 Å². The Kier molecular flexibility index (Phi) is 6.50. The van der Waals surface area contributed by atoms with Crippen molar-refractivity contribution in [1.82, 2.24) is 10.2 Å². The Balaban J connectivity index is 2.09. The molecule has 1 fully saturated rings. The van der Waals surface area contributed by atoms with E-state index < -0.39 is 0 Å². The average Bonchev–Trinajstić information content (AvgIpc) is 2.55. The summed E-state index contributed by atoms with van der Waals surface area (Å²) in [6.07, 6.45) is 0. The lowest BCUT2D eigenvalue weighted by molar-refractivity contribution is -0.125. The van der Waals surface area contributed by atoms with Crippen LogP contribution in [0, 0.1) is 11.7 Å². The number of hydrogen-bond acceptors (Lipinski definition) is 4. The topological polar surface area (TPSA) is 67.6 Å². The number of carbonyl (C=O) groups excluding carboxylic acids is 1. The number of carbonyl (C=O) groups is 1. The van der Waals surface area contributed by atoms with Gasteiger partial charge < -0.3 is 15.8 Å². The van der Waals surface area contributed by atoms with Crippen LogP contribution in [0.15, 0.2) is 24.3 Å². The van der Waals surface area contributed by atoms with E-state index in [1.54, 1.807) is 6.07 Å². The van der Waals surface area contributed by atoms with Crippen LogP contribution in [0.2, 0.25) is 0 Å². The lowest BCUT2D eigenvalue weighted by Gasteiger charge is -2.35. The zero-order chi connectivity index (χ0) is 16.8. The minimum atomic E-state index is -0.268. The number of nitrogens with zero attached hydrogens (tertiary/aromatic N) is 1. The Bertz CT molecular complexity index is 518. The molecule has 3 N–H and O–H groups in total. The highest BCUT2D eigenvalue weighted by molar-refractivity contribution is 5.78. The van der Waals surface area contributed by atoms with Crippen LogP contribution in [-0.4, -0.2) is 49.7 Å². The Labute approximate surface area is 137 Å². The first kappa shape index (κ1) is 17.8. The highest BCUT2D eigenvalue weighted by Gasteiger charge is 2.25. The Morgan fingerprint density at radius 1 is 1.39 bits per heavy atom. The van der Waals surface area contributed by atoms with E-state index in [0.717, 1.165) is 18.7 Å².